The highest BCUT2D eigenvalue weighted by Crippen LogP contribution is 2.36. The van der Waals surface area contributed by atoms with Crippen LogP contribution in [-0.4, -0.2) is 32.5 Å². The SMILES string of the molecule is CCc1ccc(NC(=O)c2nnc(CN3CC(C)CC3c3cccnc3)s2)cc1. The monoisotopic (exact) mass is 407 g/mol. The number of amides is 1. The molecule has 1 aromatic carbocycles. The number of hydrogen-bond donors (Lipinski definition) is 1. The number of aromatic nitrogens is 3. The van der Waals surface area contributed by atoms with Gasteiger partial charge in [-0.2, -0.15) is 0 Å². The van der Waals surface area contributed by atoms with Crippen LogP contribution in [0.5, 0.6) is 0 Å². The molecule has 3 aromatic rings. The molecule has 7 heteroatoms. The lowest BCUT2D eigenvalue weighted by Crippen LogP contribution is -2.23. The van der Waals surface area contributed by atoms with Crippen LogP contribution in [0.3, 0.4) is 0 Å². The van der Waals surface area contributed by atoms with Gasteiger partial charge in [0.15, 0.2) is 0 Å². The van der Waals surface area contributed by atoms with Gasteiger partial charge in [-0.15, -0.1) is 10.2 Å². The topological polar surface area (TPSA) is 71.0 Å². The number of carbonyl (C=O) groups excluding carboxylic acids is 1. The smallest absolute Gasteiger partial charge is 0.286 e. The fraction of sp³-hybridized carbons (Fsp3) is 0.364. The standard InChI is InChI=1S/C22H25N5OS/c1-3-16-6-8-18(9-7-16)24-21(28)22-26-25-20(29-22)14-27-13-15(2)11-19(27)17-5-4-10-23-12-17/h4-10,12,15,19H,3,11,13-14H2,1-2H3,(H,24,28). The van der Waals surface area contributed by atoms with E-state index in [4.69, 9.17) is 0 Å². The van der Waals surface area contributed by atoms with Gasteiger partial charge in [0.05, 0.1) is 6.54 Å². The zero-order valence-corrected chi connectivity index (χ0v) is 17.5. The Morgan fingerprint density at radius 3 is 2.79 bits per heavy atom. The van der Waals surface area contributed by atoms with E-state index in [9.17, 15) is 4.79 Å². The first-order valence-electron chi connectivity index (χ1n) is 9.99. The van der Waals surface area contributed by atoms with E-state index in [0.29, 0.717) is 23.5 Å². The summed E-state index contributed by atoms with van der Waals surface area (Å²) in [6.07, 6.45) is 5.82. The Kier molecular flexibility index (Phi) is 5.97. The molecule has 1 aliphatic rings. The Labute approximate surface area is 175 Å². The number of rotatable bonds is 6. The zero-order valence-electron chi connectivity index (χ0n) is 16.7. The van der Waals surface area contributed by atoms with Crippen LogP contribution in [0.25, 0.3) is 0 Å². The van der Waals surface area contributed by atoms with Crippen molar-refractivity contribution >= 4 is 22.9 Å². The van der Waals surface area contributed by atoms with Crippen LogP contribution in [-0.2, 0) is 13.0 Å². The summed E-state index contributed by atoms with van der Waals surface area (Å²) in [4.78, 5) is 19.2. The molecular formula is C22H25N5OS. The molecule has 1 N–H and O–H groups in total. The third-order valence-electron chi connectivity index (χ3n) is 5.30. The summed E-state index contributed by atoms with van der Waals surface area (Å²) in [5, 5.41) is 12.6. The molecule has 0 radical (unpaired) electrons. The Hall–Kier alpha value is -2.64. The van der Waals surface area contributed by atoms with Gasteiger partial charge in [0.2, 0.25) is 5.01 Å². The lowest BCUT2D eigenvalue weighted by Gasteiger charge is -2.23. The second kappa shape index (κ2) is 8.80. The molecule has 0 bridgehead atoms. The normalized spacial score (nSPS) is 19.4. The maximum Gasteiger partial charge on any atom is 0.286 e. The lowest BCUT2D eigenvalue weighted by molar-refractivity contribution is 0.102. The van der Waals surface area contributed by atoms with Crippen LogP contribution in [0.15, 0.2) is 48.8 Å². The number of hydrogen-bond acceptors (Lipinski definition) is 6. The van der Waals surface area contributed by atoms with Gasteiger partial charge in [0.1, 0.15) is 5.01 Å². The van der Waals surface area contributed by atoms with Crippen LogP contribution in [0, 0.1) is 5.92 Å². The molecule has 2 unspecified atom stereocenters. The molecule has 0 aliphatic carbocycles. The maximum absolute atomic E-state index is 12.5. The van der Waals surface area contributed by atoms with Crippen molar-refractivity contribution in [3.05, 3.63) is 69.9 Å². The molecule has 1 fully saturated rings. The molecule has 6 nitrogen and oxygen atoms in total. The van der Waals surface area contributed by atoms with Crippen LogP contribution in [0.2, 0.25) is 0 Å². The molecule has 2 atom stereocenters. The third kappa shape index (κ3) is 4.68. The van der Waals surface area contributed by atoms with E-state index < -0.39 is 0 Å². The molecule has 3 heterocycles. The van der Waals surface area contributed by atoms with E-state index in [1.165, 1.54) is 22.5 Å². The third-order valence-corrected chi connectivity index (χ3v) is 6.21. The minimum absolute atomic E-state index is 0.211. The highest BCUT2D eigenvalue weighted by Gasteiger charge is 2.31. The van der Waals surface area contributed by atoms with Crippen molar-refractivity contribution in [2.45, 2.75) is 39.3 Å². The molecule has 1 amide bonds. The number of benzene rings is 1. The van der Waals surface area contributed by atoms with Gasteiger partial charge >= 0.3 is 0 Å². The van der Waals surface area contributed by atoms with Crippen LogP contribution in [0.4, 0.5) is 5.69 Å². The number of nitrogens with one attached hydrogen (secondary N) is 1. The van der Waals surface area contributed by atoms with Gasteiger partial charge in [0, 0.05) is 30.7 Å². The number of likely N-dealkylation sites (tertiary alicyclic amines) is 1. The van der Waals surface area contributed by atoms with E-state index in [1.807, 2.05) is 36.5 Å². The van der Waals surface area contributed by atoms with Crippen LogP contribution < -0.4 is 5.32 Å². The summed E-state index contributed by atoms with van der Waals surface area (Å²) in [6, 6.07) is 12.3. The molecule has 1 saturated heterocycles. The first kappa shape index (κ1) is 19.7. The Morgan fingerprint density at radius 2 is 2.07 bits per heavy atom. The summed E-state index contributed by atoms with van der Waals surface area (Å²) >= 11 is 1.36. The highest BCUT2D eigenvalue weighted by molar-refractivity contribution is 7.13. The quantitative estimate of drug-likeness (QED) is 0.658. The van der Waals surface area contributed by atoms with Crippen molar-refractivity contribution in [2.75, 3.05) is 11.9 Å². The minimum Gasteiger partial charge on any atom is -0.320 e. The molecule has 1 aliphatic heterocycles. The number of nitrogens with zero attached hydrogens (tertiary/aromatic N) is 4. The van der Waals surface area contributed by atoms with E-state index >= 15 is 0 Å². The van der Waals surface area contributed by atoms with Crippen molar-refractivity contribution in [1.29, 1.82) is 0 Å². The number of aryl methyl sites for hydroxylation is 1. The molecular weight excluding hydrogens is 382 g/mol. The largest absolute Gasteiger partial charge is 0.320 e. The summed E-state index contributed by atoms with van der Waals surface area (Å²) < 4.78 is 0. The summed E-state index contributed by atoms with van der Waals surface area (Å²) in [5.74, 6) is 0.401. The molecule has 4 rings (SSSR count). The van der Waals surface area contributed by atoms with Crippen molar-refractivity contribution in [2.24, 2.45) is 5.92 Å². The minimum atomic E-state index is -0.211. The van der Waals surface area contributed by atoms with Gasteiger partial charge in [-0.05, 0) is 48.1 Å². The van der Waals surface area contributed by atoms with E-state index in [2.05, 4.69) is 45.3 Å². The van der Waals surface area contributed by atoms with E-state index in [1.54, 1.807) is 6.20 Å². The van der Waals surface area contributed by atoms with Crippen LogP contribution in [0.1, 0.15) is 52.2 Å². The Bertz CT molecular complexity index is 957. The van der Waals surface area contributed by atoms with Gasteiger partial charge in [-0.1, -0.05) is 43.4 Å². The van der Waals surface area contributed by atoms with E-state index in [-0.39, 0.29) is 5.91 Å². The van der Waals surface area contributed by atoms with Crippen molar-refractivity contribution in [1.82, 2.24) is 20.1 Å². The second-order valence-electron chi connectivity index (χ2n) is 7.58. The summed E-state index contributed by atoms with van der Waals surface area (Å²) in [6.45, 7) is 6.08. The Balaban J connectivity index is 1.42. The fourth-order valence-corrected chi connectivity index (χ4v) is 4.58. The fourth-order valence-electron chi connectivity index (χ4n) is 3.82. The molecule has 150 valence electrons. The first-order chi connectivity index (χ1) is 14.1. The van der Waals surface area contributed by atoms with Gasteiger partial charge in [-0.3, -0.25) is 14.7 Å². The predicted octanol–water partition coefficient (Wildman–Crippen LogP) is 4.33. The van der Waals surface area contributed by atoms with Crippen molar-refractivity contribution in [3.63, 3.8) is 0 Å². The predicted molar refractivity (Wildman–Crippen MR) is 115 cm³/mol. The number of carbonyl (C=O) groups is 1. The number of anilines is 1. The molecule has 29 heavy (non-hydrogen) atoms. The Morgan fingerprint density at radius 1 is 1.24 bits per heavy atom. The average molecular weight is 408 g/mol. The molecule has 2 aromatic heterocycles. The van der Waals surface area contributed by atoms with Crippen LogP contribution >= 0.6 is 11.3 Å². The maximum atomic E-state index is 12.5. The van der Waals surface area contributed by atoms with E-state index in [0.717, 1.165) is 30.1 Å². The van der Waals surface area contributed by atoms with Crippen molar-refractivity contribution < 1.29 is 4.79 Å². The summed E-state index contributed by atoms with van der Waals surface area (Å²) in [5.41, 5.74) is 3.24. The summed E-state index contributed by atoms with van der Waals surface area (Å²) in [7, 11) is 0. The first-order valence-corrected chi connectivity index (χ1v) is 10.8. The number of pyridine rings is 1. The lowest BCUT2D eigenvalue weighted by atomic mass is 10.0. The molecule has 0 spiro atoms. The van der Waals surface area contributed by atoms with Crippen molar-refractivity contribution in [3.8, 4) is 0 Å². The van der Waals surface area contributed by atoms with Gasteiger partial charge < -0.3 is 5.32 Å². The highest BCUT2D eigenvalue weighted by atomic mass is 32.1. The second-order valence-corrected chi connectivity index (χ2v) is 8.64. The average Bonchev–Trinajstić information content (AvgIpc) is 3.36. The van der Waals surface area contributed by atoms with Gasteiger partial charge in [0.25, 0.3) is 5.91 Å². The van der Waals surface area contributed by atoms with Gasteiger partial charge in [-0.25, -0.2) is 0 Å². The zero-order chi connectivity index (χ0) is 20.2. The molecule has 0 saturated carbocycles.